The second-order valence-electron chi connectivity index (χ2n) is 5.60. The maximum Gasteiger partial charge on any atom is 0.0588 e. The normalized spacial score (nSPS) is 21.1. The predicted molar refractivity (Wildman–Crippen MR) is 73.2 cm³/mol. The fraction of sp³-hybridized carbons (Fsp3) is 0.667. The first kappa shape index (κ1) is 12.1. The number of aromatic nitrogens is 1. The summed E-state index contributed by atoms with van der Waals surface area (Å²) in [6.07, 6.45) is 8.73. The third-order valence-electron chi connectivity index (χ3n) is 3.97. The summed E-state index contributed by atoms with van der Waals surface area (Å²) in [7, 11) is 0. The van der Waals surface area contributed by atoms with E-state index >= 15 is 0 Å². The van der Waals surface area contributed by atoms with E-state index in [1.54, 1.807) is 0 Å². The molecule has 0 amide bonds. The molecule has 0 bridgehead atoms. The number of nitrogens with one attached hydrogen (secondary N) is 1. The largest absolute Gasteiger partial charge is 0.310 e. The summed E-state index contributed by atoms with van der Waals surface area (Å²) in [5, 5.41) is 3.59. The minimum atomic E-state index is 0.771. The van der Waals surface area contributed by atoms with Crippen molar-refractivity contribution in [1.82, 2.24) is 15.2 Å². The Morgan fingerprint density at radius 1 is 1.22 bits per heavy atom. The quantitative estimate of drug-likeness (QED) is 0.863. The van der Waals surface area contributed by atoms with Gasteiger partial charge in [-0.05, 0) is 50.4 Å². The van der Waals surface area contributed by atoms with Gasteiger partial charge in [-0.15, -0.1) is 0 Å². The number of piperidine rings is 1. The van der Waals surface area contributed by atoms with E-state index in [0.29, 0.717) is 0 Å². The van der Waals surface area contributed by atoms with Crippen LogP contribution in [0.3, 0.4) is 0 Å². The molecule has 1 aromatic rings. The van der Waals surface area contributed by atoms with Crippen molar-refractivity contribution in [1.29, 1.82) is 0 Å². The summed E-state index contributed by atoms with van der Waals surface area (Å²) in [5.41, 5.74) is 2.66. The zero-order chi connectivity index (χ0) is 12.2. The van der Waals surface area contributed by atoms with Gasteiger partial charge in [0.15, 0.2) is 0 Å². The Kier molecular flexibility index (Phi) is 3.91. The summed E-state index contributed by atoms with van der Waals surface area (Å²) in [6.45, 7) is 4.50. The lowest BCUT2D eigenvalue weighted by Crippen LogP contribution is -2.30. The van der Waals surface area contributed by atoms with Crippen molar-refractivity contribution >= 4 is 0 Å². The lowest BCUT2D eigenvalue weighted by Gasteiger charge is -2.26. The highest BCUT2D eigenvalue weighted by Gasteiger charge is 2.21. The SMILES string of the molecule is c1cnc(CN2CCCCC2)c(CNC2CC2)c1. The molecule has 2 fully saturated rings. The first-order chi connectivity index (χ1) is 8.92. The molecule has 0 aromatic carbocycles. The molecule has 0 radical (unpaired) electrons. The third-order valence-corrected chi connectivity index (χ3v) is 3.97. The Bertz CT molecular complexity index is 381. The van der Waals surface area contributed by atoms with Gasteiger partial charge in [0.2, 0.25) is 0 Å². The standard InChI is InChI=1S/C15H23N3/c1-2-9-18(10-3-1)12-15-13(5-4-8-16-15)11-17-14-6-7-14/h4-5,8,14,17H,1-3,6-7,9-12H2. The second-order valence-corrected chi connectivity index (χ2v) is 5.60. The first-order valence-corrected chi connectivity index (χ1v) is 7.30. The summed E-state index contributed by atoms with van der Waals surface area (Å²) in [6, 6.07) is 5.05. The molecule has 98 valence electrons. The van der Waals surface area contributed by atoms with Crippen molar-refractivity contribution in [2.24, 2.45) is 0 Å². The van der Waals surface area contributed by atoms with Gasteiger partial charge in [0.05, 0.1) is 5.69 Å². The molecule has 1 aromatic heterocycles. The topological polar surface area (TPSA) is 28.2 Å². The van der Waals surface area contributed by atoms with Crippen LogP contribution in [0.2, 0.25) is 0 Å². The molecule has 1 aliphatic heterocycles. The van der Waals surface area contributed by atoms with Crippen LogP contribution in [0, 0.1) is 0 Å². The van der Waals surface area contributed by atoms with E-state index in [2.05, 4.69) is 27.3 Å². The van der Waals surface area contributed by atoms with Crippen molar-refractivity contribution < 1.29 is 0 Å². The summed E-state index contributed by atoms with van der Waals surface area (Å²) in [4.78, 5) is 7.14. The van der Waals surface area contributed by atoms with Crippen LogP contribution >= 0.6 is 0 Å². The van der Waals surface area contributed by atoms with Crippen LogP contribution in [0.5, 0.6) is 0 Å². The summed E-state index contributed by atoms with van der Waals surface area (Å²) in [5.74, 6) is 0. The molecule has 1 aliphatic carbocycles. The maximum atomic E-state index is 4.59. The van der Waals surface area contributed by atoms with E-state index < -0.39 is 0 Å². The maximum absolute atomic E-state index is 4.59. The van der Waals surface area contributed by atoms with E-state index in [1.807, 2.05) is 6.20 Å². The number of likely N-dealkylation sites (tertiary alicyclic amines) is 1. The van der Waals surface area contributed by atoms with Crippen molar-refractivity contribution in [3.05, 3.63) is 29.6 Å². The second kappa shape index (κ2) is 5.81. The van der Waals surface area contributed by atoms with Crippen LogP contribution in [-0.4, -0.2) is 29.0 Å². The molecule has 1 saturated heterocycles. The number of hydrogen-bond donors (Lipinski definition) is 1. The van der Waals surface area contributed by atoms with E-state index in [1.165, 1.54) is 56.5 Å². The Morgan fingerprint density at radius 2 is 2.06 bits per heavy atom. The van der Waals surface area contributed by atoms with Gasteiger partial charge in [0, 0.05) is 25.3 Å². The first-order valence-electron chi connectivity index (χ1n) is 7.30. The molecule has 3 rings (SSSR count). The van der Waals surface area contributed by atoms with Gasteiger partial charge < -0.3 is 5.32 Å². The van der Waals surface area contributed by atoms with Gasteiger partial charge in [-0.25, -0.2) is 0 Å². The highest BCUT2D eigenvalue weighted by Crippen LogP contribution is 2.20. The minimum Gasteiger partial charge on any atom is -0.310 e. The van der Waals surface area contributed by atoms with Gasteiger partial charge in [-0.1, -0.05) is 12.5 Å². The Morgan fingerprint density at radius 3 is 2.83 bits per heavy atom. The van der Waals surface area contributed by atoms with E-state index in [9.17, 15) is 0 Å². The molecule has 2 aliphatic rings. The average molecular weight is 245 g/mol. The Hall–Kier alpha value is -0.930. The van der Waals surface area contributed by atoms with E-state index in [4.69, 9.17) is 0 Å². The van der Waals surface area contributed by atoms with Crippen LogP contribution in [0.4, 0.5) is 0 Å². The fourth-order valence-corrected chi connectivity index (χ4v) is 2.65. The molecule has 3 heteroatoms. The molecule has 0 unspecified atom stereocenters. The third kappa shape index (κ3) is 3.30. The number of rotatable bonds is 5. The average Bonchev–Trinajstić information content (AvgIpc) is 3.23. The monoisotopic (exact) mass is 245 g/mol. The number of hydrogen-bond acceptors (Lipinski definition) is 3. The van der Waals surface area contributed by atoms with E-state index in [0.717, 1.165) is 19.1 Å². The summed E-state index contributed by atoms with van der Waals surface area (Å²) < 4.78 is 0. The molecule has 1 N–H and O–H groups in total. The van der Waals surface area contributed by atoms with Crippen LogP contribution in [0.25, 0.3) is 0 Å². The molecule has 18 heavy (non-hydrogen) atoms. The Labute approximate surface area is 110 Å². The molecule has 3 nitrogen and oxygen atoms in total. The Balaban J connectivity index is 1.61. The minimum absolute atomic E-state index is 0.771. The number of nitrogens with zero attached hydrogens (tertiary/aromatic N) is 2. The lowest BCUT2D eigenvalue weighted by atomic mass is 10.1. The molecule has 1 saturated carbocycles. The fourth-order valence-electron chi connectivity index (χ4n) is 2.65. The van der Waals surface area contributed by atoms with Crippen molar-refractivity contribution in [3.63, 3.8) is 0 Å². The lowest BCUT2D eigenvalue weighted by molar-refractivity contribution is 0.218. The molecule has 0 atom stereocenters. The van der Waals surface area contributed by atoms with Gasteiger partial charge in [-0.3, -0.25) is 9.88 Å². The molecule has 2 heterocycles. The van der Waals surface area contributed by atoms with Crippen molar-refractivity contribution in [3.8, 4) is 0 Å². The molecular weight excluding hydrogens is 222 g/mol. The zero-order valence-corrected chi connectivity index (χ0v) is 11.1. The van der Waals surface area contributed by atoms with Gasteiger partial charge in [-0.2, -0.15) is 0 Å². The molecule has 0 spiro atoms. The smallest absolute Gasteiger partial charge is 0.0588 e. The number of pyridine rings is 1. The predicted octanol–water partition coefficient (Wildman–Crippen LogP) is 2.32. The highest BCUT2D eigenvalue weighted by atomic mass is 15.1. The van der Waals surface area contributed by atoms with Gasteiger partial charge >= 0.3 is 0 Å². The van der Waals surface area contributed by atoms with Crippen LogP contribution < -0.4 is 5.32 Å². The highest BCUT2D eigenvalue weighted by molar-refractivity contribution is 5.20. The molecular formula is C15H23N3. The van der Waals surface area contributed by atoms with Crippen molar-refractivity contribution in [2.75, 3.05) is 13.1 Å². The van der Waals surface area contributed by atoms with Gasteiger partial charge in [0.25, 0.3) is 0 Å². The summed E-state index contributed by atoms with van der Waals surface area (Å²) >= 11 is 0. The van der Waals surface area contributed by atoms with Crippen LogP contribution in [-0.2, 0) is 13.1 Å². The van der Waals surface area contributed by atoms with Crippen LogP contribution in [0.1, 0.15) is 43.4 Å². The van der Waals surface area contributed by atoms with E-state index in [-0.39, 0.29) is 0 Å². The van der Waals surface area contributed by atoms with Gasteiger partial charge in [0.1, 0.15) is 0 Å². The van der Waals surface area contributed by atoms with Crippen LogP contribution in [0.15, 0.2) is 18.3 Å². The van der Waals surface area contributed by atoms with Crippen molar-refractivity contribution in [2.45, 2.75) is 51.2 Å². The zero-order valence-electron chi connectivity index (χ0n) is 11.1.